The van der Waals surface area contributed by atoms with Crippen molar-refractivity contribution in [1.29, 1.82) is 0 Å². The zero-order valence-electron chi connectivity index (χ0n) is 30.2. The fourth-order valence-electron chi connectivity index (χ4n) is 8.05. The van der Waals surface area contributed by atoms with E-state index in [0.29, 0.717) is 17.5 Å². The summed E-state index contributed by atoms with van der Waals surface area (Å²) in [5, 5.41) is 4.56. The van der Waals surface area contributed by atoms with Gasteiger partial charge in [-0.05, 0) is 41.5 Å². The number of aromatic nitrogens is 4. The van der Waals surface area contributed by atoms with Crippen molar-refractivity contribution >= 4 is 43.7 Å². The molecule has 0 atom stereocenters. The zero-order valence-corrected chi connectivity index (χ0v) is 30.2. The third-order valence-electron chi connectivity index (χ3n) is 10.6. The topological polar surface area (TPSA) is 56.7 Å². The summed E-state index contributed by atoms with van der Waals surface area (Å²) in [6, 6.07) is 67.5. The Kier molecular flexibility index (Phi) is 7.42. The Labute approximate surface area is 322 Å². The van der Waals surface area contributed by atoms with Gasteiger partial charge in [0.15, 0.2) is 17.5 Å². The molecule has 0 bridgehead atoms. The summed E-state index contributed by atoms with van der Waals surface area (Å²) >= 11 is 0. The SMILES string of the molecule is c1ccc(-c2nc(-c3ccccc3)nc(-c3cc(-c4ccccc4)c(-n4c5ccccc5c5cc6c(cc54)oc4ccccc46)c(-c4ccccc4)c3)n2)cc1. The molecule has 0 saturated carbocycles. The van der Waals surface area contributed by atoms with E-state index in [-0.39, 0.29) is 0 Å². The van der Waals surface area contributed by atoms with Crippen molar-refractivity contribution in [3.05, 3.63) is 194 Å². The molecule has 11 aromatic rings. The van der Waals surface area contributed by atoms with Crippen LogP contribution in [-0.4, -0.2) is 19.5 Å². The smallest absolute Gasteiger partial charge is 0.164 e. The monoisotopic (exact) mass is 716 g/mol. The van der Waals surface area contributed by atoms with Crippen molar-refractivity contribution in [3.8, 4) is 62.1 Å². The van der Waals surface area contributed by atoms with Gasteiger partial charge in [0, 0.05) is 55.4 Å². The van der Waals surface area contributed by atoms with E-state index in [1.54, 1.807) is 0 Å². The average Bonchev–Trinajstić information content (AvgIpc) is 3.80. The molecular formula is C51H32N4O. The number of fused-ring (bicyclic) bond motifs is 6. The minimum absolute atomic E-state index is 0.602. The van der Waals surface area contributed by atoms with E-state index in [4.69, 9.17) is 19.4 Å². The summed E-state index contributed by atoms with van der Waals surface area (Å²) in [6.45, 7) is 0. The van der Waals surface area contributed by atoms with Gasteiger partial charge in [-0.1, -0.05) is 158 Å². The summed E-state index contributed by atoms with van der Waals surface area (Å²) in [7, 11) is 0. The standard InChI is InChI=1S/C51H32N4O/c1-5-17-33(18-6-1)40-29-37(51-53-49(35-21-9-3-10-22-35)52-50(54-51)36-23-11-4-12-24-36)30-41(34-19-7-2-8-20-34)48(40)55-44-27-15-13-25-38(44)42-31-43-39-26-14-16-28-46(39)56-47(43)32-45(42)55/h1-32H. The Morgan fingerprint density at radius 1 is 0.321 bits per heavy atom. The highest BCUT2D eigenvalue weighted by Crippen LogP contribution is 2.45. The molecule has 0 radical (unpaired) electrons. The summed E-state index contributed by atoms with van der Waals surface area (Å²) in [4.78, 5) is 15.3. The maximum Gasteiger partial charge on any atom is 0.164 e. The van der Waals surface area contributed by atoms with Gasteiger partial charge in [-0.15, -0.1) is 0 Å². The fraction of sp³-hybridized carbons (Fsp3) is 0. The van der Waals surface area contributed by atoms with Gasteiger partial charge in [0.1, 0.15) is 11.2 Å². The van der Waals surface area contributed by atoms with Gasteiger partial charge < -0.3 is 8.98 Å². The molecule has 0 N–H and O–H groups in total. The molecule has 8 aromatic carbocycles. The minimum Gasteiger partial charge on any atom is -0.456 e. The molecule has 262 valence electrons. The minimum atomic E-state index is 0.602. The normalized spacial score (nSPS) is 11.6. The molecule has 0 unspecified atom stereocenters. The van der Waals surface area contributed by atoms with Crippen LogP contribution in [0, 0.1) is 0 Å². The van der Waals surface area contributed by atoms with Crippen molar-refractivity contribution in [2.24, 2.45) is 0 Å². The van der Waals surface area contributed by atoms with Crippen LogP contribution < -0.4 is 0 Å². The first-order valence-electron chi connectivity index (χ1n) is 18.8. The summed E-state index contributed by atoms with van der Waals surface area (Å²) in [5.41, 5.74) is 12.0. The Balaban J connectivity index is 1.26. The zero-order chi connectivity index (χ0) is 37.0. The first-order chi connectivity index (χ1) is 27.8. The van der Waals surface area contributed by atoms with Gasteiger partial charge in [0.05, 0.1) is 16.7 Å². The average molecular weight is 717 g/mol. The lowest BCUT2D eigenvalue weighted by molar-refractivity contribution is 0.669. The molecule has 0 aliphatic heterocycles. The van der Waals surface area contributed by atoms with Crippen LogP contribution in [0.1, 0.15) is 0 Å². The number of rotatable bonds is 6. The van der Waals surface area contributed by atoms with Crippen LogP contribution in [-0.2, 0) is 0 Å². The van der Waals surface area contributed by atoms with Crippen LogP contribution in [0.25, 0.3) is 106 Å². The third-order valence-corrected chi connectivity index (χ3v) is 10.6. The lowest BCUT2D eigenvalue weighted by Crippen LogP contribution is -2.04. The van der Waals surface area contributed by atoms with Gasteiger partial charge in [0.2, 0.25) is 0 Å². The Morgan fingerprint density at radius 2 is 0.786 bits per heavy atom. The molecule has 0 aliphatic carbocycles. The Bertz CT molecular complexity index is 3110. The van der Waals surface area contributed by atoms with Gasteiger partial charge in [0.25, 0.3) is 0 Å². The van der Waals surface area contributed by atoms with E-state index >= 15 is 0 Å². The Hall–Kier alpha value is -7.63. The molecule has 5 heteroatoms. The summed E-state index contributed by atoms with van der Waals surface area (Å²) in [5.74, 6) is 1.85. The predicted octanol–water partition coefficient (Wildman–Crippen LogP) is 13.2. The molecule has 0 fully saturated rings. The summed E-state index contributed by atoms with van der Waals surface area (Å²) < 4.78 is 8.93. The molecule has 0 amide bonds. The molecule has 56 heavy (non-hydrogen) atoms. The highest BCUT2D eigenvalue weighted by atomic mass is 16.3. The van der Waals surface area contributed by atoms with Gasteiger partial charge >= 0.3 is 0 Å². The molecule has 0 aliphatic rings. The fourth-order valence-corrected chi connectivity index (χ4v) is 8.05. The maximum atomic E-state index is 6.51. The molecule has 0 saturated heterocycles. The van der Waals surface area contributed by atoms with Gasteiger partial charge in [-0.3, -0.25) is 0 Å². The summed E-state index contributed by atoms with van der Waals surface area (Å²) in [6.07, 6.45) is 0. The molecule has 0 spiro atoms. The van der Waals surface area contributed by atoms with Crippen LogP contribution in [0.15, 0.2) is 199 Å². The first kappa shape index (κ1) is 31.9. The number of hydrogen-bond acceptors (Lipinski definition) is 4. The quantitative estimate of drug-likeness (QED) is 0.172. The maximum absolute atomic E-state index is 6.51. The van der Waals surface area contributed by atoms with Crippen LogP contribution in [0.2, 0.25) is 0 Å². The van der Waals surface area contributed by atoms with Crippen molar-refractivity contribution < 1.29 is 4.42 Å². The molecule has 3 heterocycles. The number of benzene rings is 8. The highest BCUT2D eigenvalue weighted by Gasteiger charge is 2.24. The van der Waals surface area contributed by atoms with E-state index < -0.39 is 0 Å². The van der Waals surface area contributed by atoms with Crippen LogP contribution >= 0.6 is 0 Å². The van der Waals surface area contributed by atoms with Crippen LogP contribution in [0.5, 0.6) is 0 Å². The van der Waals surface area contributed by atoms with Crippen molar-refractivity contribution in [2.75, 3.05) is 0 Å². The number of furan rings is 1. The number of nitrogens with zero attached hydrogens (tertiary/aromatic N) is 4. The highest BCUT2D eigenvalue weighted by molar-refractivity contribution is 6.18. The molecule has 11 rings (SSSR count). The second kappa shape index (κ2) is 13.0. The number of para-hydroxylation sites is 2. The first-order valence-corrected chi connectivity index (χ1v) is 18.8. The Morgan fingerprint density at radius 3 is 1.36 bits per heavy atom. The largest absolute Gasteiger partial charge is 0.456 e. The van der Waals surface area contributed by atoms with Gasteiger partial charge in [-0.2, -0.15) is 0 Å². The van der Waals surface area contributed by atoms with E-state index in [1.165, 1.54) is 10.8 Å². The van der Waals surface area contributed by atoms with E-state index in [1.807, 2.05) is 72.8 Å². The van der Waals surface area contributed by atoms with Crippen molar-refractivity contribution in [3.63, 3.8) is 0 Å². The van der Waals surface area contributed by atoms with E-state index in [9.17, 15) is 0 Å². The van der Waals surface area contributed by atoms with Crippen LogP contribution in [0.3, 0.4) is 0 Å². The van der Waals surface area contributed by atoms with E-state index in [2.05, 4.69) is 126 Å². The third kappa shape index (κ3) is 5.29. The van der Waals surface area contributed by atoms with Crippen LogP contribution in [0.4, 0.5) is 0 Å². The van der Waals surface area contributed by atoms with E-state index in [0.717, 1.165) is 77.6 Å². The second-order valence-electron chi connectivity index (χ2n) is 14.0. The second-order valence-corrected chi connectivity index (χ2v) is 14.0. The van der Waals surface area contributed by atoms with Crippen molar-refractivity contribution in [1.82, 2.24) is 19.5 Å². The van der Waals surface area contributed by atoms with Crippen molar-refractivity contribution in [2.45, 2.75) is 0 Å². The molecule has 3 aromatic heterocycles. The molecular weight excluding hydrogens is 685 g/mol. The van der Waals surface area contributed by atoms with Gasteiger partial charge in [-0.25, -0.2) is 15.0 Å². The lowest BCUT2D eigenvalue weighted by atomic mass is 9.92. The predicted molar refractivity (Wildman–Crippen MR) is 229 cm³/mol. The number of hydrogen-bond donors (Lipinski definition) is 0. The lowest BCUT2D eigenvalue weighted by Gasteiger charge is -2.21. The molecule has 5 nitrogen and oxygen atoms in total.